The van der Waals surface area contributed by atoms with Crippen molar-refractivity contribution in [1.29, 1.82) is 0 Å². The first-order chi connectivity index (χ1) is 12.6. The van der Waals surface area contributed by atoms with Crippen molar-refractivity contribution in [3.05, 3.63) is 46.8 Å². The summed E-state index contributed by atoms with van der Waals surface area (Å²) in [6.45, 7) is 2.87. The van der Waals surface area contributed by atoms with E-state index in [1.807, 2.05) is 6.07 Å². The molecule has 2 heterocycles. The number of non-ortho nitro benzene ring substituents is 1. The number of carbonyl (C=O) groups is 1. The molecule has 10 heteroatoms. The second-order valence-corrected chi connectivity index (χ2v) is 6.45. The van der Waals surface area contributed by atoms with Gasteiger partial charge < -0.3 is 15.0 Å². The molecule has 0 unspecified atom stereocenters. The summed E-state index contributed by atoms with van der Waals surface area (Å²) in [7, 11) is 0. The van der Waals surface area contributed by atoms with Crippen LogP contribution in [0.4, 0.5) is 17.2 Å². The lowest BCUT2D eigenvalue weighted by Crippen LogP contribution is -2.36. The normalized spacial score (nSPS) is 14.1. The Kier molecular flexibility index (Phi) is 5.97. The molecule has 2 aromatic rings. The van der Waals surface area contributed by atoms with E-state index in [1.165, 1.54) is 36.3 Å². The van der Waals surface area contributed by atoms with Crippen LogP contribution in [0.15, 0.2) is 41.7 Å². The van der Waals surface area contributed by atoms with Gasteiger partial charge in [-0.25, -0.2) is 9.97 Å². The third-order valence-electron chi connectivity index (χ3n) is 3.65. The number of hydrogen-bond acceptors (Lipinski definition) is 8. The zero-order valence-electron chi connectivity index (χ0n) is 13.8. The third kappa shape index (κ3) is 4.90. The molecule has 0 saturated carbocycles. The monoisotopic (exact) mass is 375 g/mol. The second-order valence-electron chi connectivity index (χ2n) is 5.46. The summed E-state index contributed by atoms with van der Waals surface area (Å²) in [5, 5.41) is 14.1. The predicted molar refractivity (Wildman–Crippen MR) is 97.5 cm³/mol. The molecular weight excluding hydrogens is 358 g/mol. The molecule has 1 saturated heterocycles. The standard InChI is InChI=1S/C16H17N5O4S/c22-15(19-12-2-1-3-13(8-12)21(23)24)10-26-16-9-14(17-11-18-16)20-4-6-25-7-5-20/h1-3,8-9,11H,4-7,10H2,(H,19,22). The molecular formula is C16H17N5O4S. The molecule has 1 aliphatic rings. The fourth-order valence-electron chi connectivity index (χ4n) is 2.41. The zero-order chi connectivity index (χ0) is 18.4. The number of amides is 1. The Labute approximate surface area is 153 Å². The van der Waals surface area contributed by atoms with Gasteiger partial charge in [0, 0.05) is 37.0 Å². The van der Waals surface area contributed by atoms with Gasteiger partial charge in [-0.2, -0.15) is 0 Å². The van der Waals surface area contributed by atoms with Crippen LogP contribution in [0, 0.1) is 10.1 Å². The van der Waals surface area contributed by atoms with Crippen LogP contribution < -0.4 is 10.2 Å². The number of hydrogen-bond donors (Lipinski definition) is 1. The van der Waals surface area contributed by atoms with Crippen LogP contribution in [0.2, 0.25) is 0 Å². The van der Waals surface area contributed by atoms with E-state index in [1.54, 1.807) is 6.07 Å². The molecule has 1 aliphatic heterocycles. The molecule has 0 bridgehead atoms. The summed E-state index contributed by atoms with van der Waals surface area (Å²) in [5.74, 6) is 0.689. The number of aromatic nitrogens is 2. The molecule has 0 atom stereocenters. The van der Waals surface area contributed by atoms with E-state index in [2.05, 4.69) is 20.2 Å². The maximum absolute atomic E-state index is 12.1. The van der Waals surface area contributed by atoms with Crippen LogP contribution in [-0.4, -0.2) is 52.9 Å². The number of nitrogens with zero attached hydrogens (tertiary/aromatic N) is 4. The van der Waals surface area contributed by atoms with Crippen molar-refractivity contribution in [2.75, 3.05) is 42.3 Å². The predicted octanol–water partition coefficient (Wildman–Crippen LogP) is 1.95. The van der Waals surface area contributed by atoms with Gasteiger partial charge in [0.05, 0.1) is 23.9 Å². The molecule has 9 nitrogen and oxygen atoms in total. The average molecular weight is 375 g/mol. The van der Waals surface area contributed by atoms with Crippen molar-refractivity contribution in [1.82, 2.24) is 9.97 Å². The Bertz CT molecular complexity index is 798. The van der Waals surface area contributed by atoms with Gasteiger partial charge >= 0.3 is 0 Å². The summed E-state index contributed by atoms with van der Waals surface area (Å²) in [6.07, 6.45) is 1.48. The summed E-state index contributed by atoms with van der Waals surface area (Å²) in [5.41, 5.74) is 0.322. The van der Waals surface area contributed by atoms with E-state index < -0.39 is 4.92 Å². The molecule has 0 aliphatic carbocycles. The van der Waals surface area contributed by atoms with Gasteiger partial charge in [-0.05, 0) is 6.07 Å². The van der Waals surface area contributed by atoms with Crippen molar-refractivity contribution in [2.45, 2.75) is 5.03 Å². The molecule has 0 spiro atoms. The van der Waals surface area contributed by atoms with Crippen LogP contribution in [0.3, 0.4) is 0 Å². The van der Waals surface area contributed by atoms with Gasteiger partial charge in [-0.15, -0.1) is 0 Å². The minimum atomic E-state index is -0.502. The molecule has 1 fully saturated rings. The topological polar surface area (TPSA) is 110 Å². The highest BCUT2D eigenvalue weighted by molar-refractivity contribution is 7.99. The Morgan fingerprint density at radius 3 is 2.88 bits per heavy atom. The molecule has 1 aromatic carbocycles. The number of rotatable bonds is 6. The lowest BCUT2D eigenvalue weighted by molar-refractivity contribution is -0.384. The Morgan fingerprint density at radius 1 is 1.31 bits per heavy atom. The second kappa shape index (κ2) is 8.59. The average Bonchev–Trinajstić information content (AvgIpc) is 2.67. The SMILES string of the molecule is O=C(CSc1cc(N2CCOCC2)ncn1)Nc1cccc([N+](=O)[O-])c1. The largest absolute Gasteiger partial charge is 0.378 e. The van der Waals surface area contributed by atoms with Gasteiger partial charge in [0.15, 0.2) is 0 Å². The maximum Gasteiger partial charge on any atom is 0.271 e. The fraction of sp³-hybridized carbons (Fsp3) is 0.312. The number of anilines is 2. The molecule has 1 amide bonds. The van der Waals surface area contributed by atoms with E-state index in [-0.39, 0.29) is 17.3 Å². The van der Waals surface area contributed by atoms with Gasteiger partial charge in [-0.3, -0.25) is 14.9 Å². The fourth-order valence-corrected chi connectivity index (χ4v) is 3.07. The third-order valence-corrected chi connectivity index (χ3v) is 4.58. The van der Waals surface area contributed by atoms with E-state index >= 15 is 0 Å². The Balaban J connectivity index is 1.56. The highest BCUT2D eigenvalue weighted by Gasteiger charge is 2.14. The number of morpholine rings is 1. The van der Waals surface area contributed by atoms with E-state index in [0.29, 0.717) is 23.9 Å². The Hall–Kier alpha value is -2.72. The number of thioether (sulfide) groups is 1. The summed E-state index contributed by atoms with van der Waals surface area (Å²) < 4.78 is 5.32. The molecule has 136 valence electrons. The number of carbonyl (C=O) groups excluding carboxylic acids is 1. The maximum atomic E-state index is 12.1. The van der Waals surface area contributed by atoms with Crippen molar-refractivity contribution in [2.24, 2.45) is 0 Å². The summed E-state index contributed by atoms with van der Waals surface area (Å²) >= 11 is 1.28. The van der Waals surface area contributed by atoms with Crippen molar-refractivity contribution in [3.63, 3.8) is 0 Å². The van der Waals surface area contributed by atoms with Gasteiger partial charge in [0.2, 0.25) is 5.91 Å². The Morgan fingerprint density at radius 2 is 2.12 bits per heavy atom. The highest BCUT2D eigenvalue weighted by atomic mass is 32.2. The number of ether oxygens (including phenoxy) is 1. The number of nitro groups is 1. The van der Waals surface area contributed by atoms with E-state index in [0.717, 1.165) is 18.9 Å². The van der Waals surface area contributed by atoms with Gasteiger partial charge in [-0.1, -0.05) is 17.8 Å². The molecule has 1 aromatic heterocycles. The minimum Gasteiger partial charge on any atom is -0.378 e. The summed E-state index contributed by atoms with van der Waals surface area (Å²) in [4.78, 5) is 32.9. The molecule has 0 radical (unpaired) electrons. The van der Waals surface area contributed by atoms with Gasteiger partial charge in [0.25, 0.3) is 5.69 Å². The smallest absolute Gasteiger partial charge is 0.271 e. The van der Waals surface area contributed by atoms with Crippen LogP contribution in [0.1, 0.15) is 0 Å². The summed E-state index contributed by atoms with van der Waals surface area (Å²) in [6, 6.07) is 7.68. The quantitative estimate of drug-likeness (QED) is 0.353. The number of benzene rings is 1. The van der Waals surface area contributed by atoms with Crippen LogP contribution in [0.25, 0.3) is 0 Å². The van der Waals surface area contributed by atoms with Crippen LogP contribution >= 0.6 is 11.8 Å². The van der Waals surface area contributed by atoms with Crippen LogP contribution in [-0.2, 0) is 9.53 Å². The number of nitro benzene ring substituents is 1. The van der Waals surface area contributed by atoms with E-state index in [4.69, 9.17) is 4.74 Å². The molecule has 1 N–H and O–H groups in total. The highest BCUT2D eigenvalue weighted by Crippen LogP contribution is 2.21. The van der Waals surface area contributed by atoms with E-state index in [9.17, 15) is 14.9 Å². The van der Waals surface area contributed by atoms with Crippen LogP contribution in [0.5, 0.6) is 0 Å². The molecule has 3 rings (SSSR count). The minimum absolute atomic E-state index is 0.0681. The molecule has 26 heavy (non-hydrogen) atoms. The van der Waals surface area contributed by atoms with Crippen molar-refractivity contribution < 1.29 is 14.5 Å². The lowest BCUT2D eigenvalue weighted by atomic mass is 10.3. The first-order valence-corrected chi connectivity index (χ1v) is 8.92. The first kappa shape index (κ1) is 18.1. The first-order valence-electron chi connectivity index (χ1n) is 7.93. The van der Waals surface area contributed by atoms with Crippen molar-refractivity contribution >= 4 is 34.9 Å². The van der Waals surface area contributed by atoms with Gasteiger partial charge in [0.1, 0.15) is 17.2 Å². The zero-order valence-corrected chi connectivity index (χ0v) is 14.6. The van der Waals surface area contributed by atoms with Crippen molar-refractivity contribution in [3.8, 4) is 0 Å². The number of nitrogens with one attached hydrogen (secondary N) is 1. The lowest BCUT2D eigenvalue weighted by Gasteiger charge is -2.27.